The highest BCUT2D eigenvalue weighted by molar-refractivity contribution is 6.05. The fourth-order valence-corrected chi connectivity index (χ4v) is 3.83. The minimum Gasteiger partial charge on any atom is -0.494 e. The lowest BCUT2D eigenvalue weighted by atomic mass is 10.1. The summed E-state index contributed by atoms with van der Waals surface area (Å²) in [5, 5.41) is 2.76. The Labute approximate surface area is 195 Å². The van der Waals surface area contributed by atoms with Crippen LogP contribution in [-0.2, 0) is 20.9 Å². The Morgan fingerprint density at radius 3 is 2.70 bits per heavy atom. The molecule has 0 saturated carbocycles. The third-order valence-electron chi connectivity index (χ3n) is 5.79. The molecule has 0 radical (unpaired) electrons. The van der Waals surface area contributed by atoms with E-state index in [2.05, 4.69) is 17.2 Å². The molecular formula is C24H35N5O4. The van der Waals surface area contributed by atoms with Gasteiger partial charge in [-0.05, 0) is 31.0 Å². The predicted molar refractivity (Wildman–Crippen MR) is 126 cm³/mol. The Morgan fingerprint density at radius 1 is 1.12 bits per heavy atom. The molecule has 0 atom stereocenters. The molecule has 180 valence electrons. The molecule has 9 nitrogen and oxygen atoms in total. The Hall–Kier alpha value is -3.10. The summed E-state index contributed by atoms with van der Waals surface area (Å²) in [5.74, 6) is 1.20. The quantitative estimate of drug-likeness (QED) is 0.486. The standard InChI is InChI=1S/C24H35N5O4/c1-4-5-6-7-12-28(17-23(32)27(2)3)22(31)9-8-13-33-19-10-11-20-18(14-19)15-29-16-21(30)26-24(29)25-20/h10-11,14H,4-9,12-13,15-17H2,1-3H3,(H,25,26,30). The zero-order valence-corrected chi connectivity index (χ0v) is 19.9. The van der Waals surface area contributed by atoms with Crippen LogP contribution in [0.5, 0.6) is 5.75 Å². The smallest absolute Gasteiger partial charge is 0.246 e. The average molecular weight is 458 g/mol. The fraction of sp³-hybridized carbons (Fsp3) is 0.583. The van der Waals surface area contributed by atoms with Gasteiger partial charge in [0.2, 0.25) is 23.7 Å². The van der Waals surface area contributed by atoms with E-state index in [4.69, 9.17) is 4.74 Å². The maximum absolute atomic E-state index is 12.7. The van der Waals surface area contributed by atoms with E-state index in [1.54, 1.807) is 19.0 Å². The van der Waals surface area contributed by atoms with Gasteiger partial charge in [-0.2, -0.15) is 0 Å². The van der Waals surface area contributed by atoms with Gasteiger partial charge in [-0.3, -0.25) is 19.7 Å². The van der Waals surface area contributed by atoms with Gasteiger partial charge in [0.1, 0.15) is 12.3 Å². The van der Waals surface area contributed by atoms with Crippen LogP contribution in [0, 0.1) is 0 Å². The van der Waals surface area contributed by atoms with Crippen molar-refractivity contribution in [1.82, 2.24) is 20.0 Å². The van der Waals surface area contributed by atoms with Gasteiger partial charge in [-0.25, -0.2) is 4.99 Å². The van der Waals surface area contributed by atoms with E-state index in [0.29, 0.717) is 45.0 Å². The molecule has 1 aromatic carbocycles. The van der Waals surface area contributed by atoms with Crippen LogP contribution in [-0.4, -0.2) is 78.7 Å². The summed E-state index contributed by atoms with van der Waals surface area (Å²) in [6.45, 7) is 4.22. The first-order chi connectivity index (χ1) is 15.9. The number of likely N-dealkylation sites (N-methyl/N-ethyl adjacent to an activating group) is 1. The number of guanidine groups is 1. The number of aliphatic imine (C=N–C) groups is 1. The van der Waals surface area contributed by atoms with Crippen LogP contribution in [0.4, 0.5) is 5.69 Å². The van der Waals surface area contributed by atoms with Gasteiger partial charge in [-0.1, -0.05) is 26.2 Å². The number of benzene rings is 1. The second-order valence-corrected chi connectivity index (χ2v) is 8.75. The van der Waals surface area contributed by atoms with Gasteiger partial charge < -0.3 is 19.4 Å². The molecule has 9 heteroatoms. The molecule has 1 N–H and O–H groups in total. The van der Waals surface area contributed by atoms with E-state index in [1.165, 1.54) is 4.90 Å². The van der Waals surface area contributed by atoms with Crippen LogP contribution in [0.25, 0.3) is 0 Å². The molecule has 1 fully saturated rings. The van der Waals surface area contributed by atoms with Crippen LogP contribution < -0.4 is 10.1 Å². The second kappa shape index (κ2) is 11.7. The lowest BCUT2D eigenvalue weighted by Crippen LogP contribution is -2.40. The Morgan fingerprint density at radius 2 is 1.94 bits per heavy atom. The van der Waals surface area contributed by atoms with E-state index >= 15 is 0 Å². The average Bonchev–Trinajstić information content (AvgIpc) is 3.15. The molecule has 2 aliphatic rings. The molecule has 3 amide bonds. The van der Waals surface area contributed by atoms with Crippen molar-refractivity contribution in [1.29, 1.82) is 0 Å². The molecule has 1 saturated heterocycles. The van der Waals surface area contributed by atoms with Crippen molar-refractivity contribution < 1.29 is 19.1 Å². The summed E-state index contributed by atoms with van der Waals surface area (Å²) in [6.07, 6.45) is 5.15. The number of amides is 3. The monoisotopic (exact) mass is 457 g/mol. The van der Waals surface area contributed by atoms with Gasteiger partial charge in [0, 0.05) is 39.2 Å². The van der Waals surface area contributed by atoms with Crippen molar-refractivity contribution in [3.8, 4) is 5.75 Å². The summed E-state index contributed by atoms with van der Waals surface area (Å²) >= 11 is 0. The van der Waals surface area contributed by atoms with Crippen molar-refractivity contribution in [3.05, 3.63) is 23.8 Å². The topological polar surface area (TPSA) is 94.6 Å². The van der Waals surface area contributed by atoms with Gasteiger partial charge in [0.05, 0.1) is 18.8 Å². The molecule has 1 aromatic rings. The molecule has 0 unspecified atom stereocenters. The number of ether oxygens (including phenoxy) is 1. The van der Waals surface area contributed by atoms with Crippen LogP contribution in [0.3, 0.4) is 0 Å². The number of carbonyl (C=O) groups excluding carboxylic acids is 3. The van der Waals surface area contributed by atoms with Crippen LogP contribution in [0.1, 0.15) is 51.0 Å². The van der Waals surface area contributed by atoms with Crippen molar-refractivity contribution in [2.24, 2.45) is 4.99 Å². The highest BCUT2D eigenvalue weighted by atomic mass is 16.5. The normalized spacial score (nSPS) is 14.2. The number of carbonyl (C=O) groups is 3. The molecule has 0 spiro atoms. The molecule has 33 heavy (non-hydrogen) atoms. The molecule has 3 rings (SSSR count). The molecule has 0 aliphatic carbocycles. The predicted octanol–water partition coefficient (Wildman–Crippen LogP) is 2.28. The minimum absolute atomic E-state index is 0.0104. The number of nitrogens with one attached hydrogen (secondary N) is 1. The van der Waals surface area contributed by atoms with Gasteiger partial charge in [0.25, 0.3) is 0 Å². The fourth-order valence-electron chi connectivity index (χ4n) is 3.83. The lowest BCUT2D eigenvalue weighted by Gasteiger charge is -2.24. The van der Waals surface area contributed by atoms with Gasteiger partial charge in [0.15, 0.2) is 0 Å². The van der Waals surface area contributed by atoms with Crippen molar-refractivity contribution >= 4 is 29.4 Å². The molecule has 2 aliphatic heterocycles. The van der Waals surface area contributed by atoms with E-state index in [9.17, 15) is 14.4 Å². The van der Waals surface area contributed by atoms with Gasteiger partial charge in [-0.15, -0.1) is 0 Å². The first-order valence-corrected chi connectivity index (χ1v) is 11.7. The number of nitrogens with zero attached hydrogens (tertiary/aromatic N) is 4. The largest absolute Gasteiger partial charge is 0.494 e. The van der Waals surface area contributed by atoms with Crippen LogP contribution >= 0.6 is 0 Å². The maximum atomic E-state index is 12.7. The Bertz CT molecular complexity index is 899. The highest BCUT2D eigenvalue weighted by Gasteiger charge is 2.29. The second-order valence-electron chi connectivity index (χ2n) is 8.75. The van der Waals surface area contributed by atoms with E-state index in [0.717, 1.165) is 42.7 Å². The van der Waals surface area contributed by atoms with Crippen molar-refractivity contribution in [3.63, 3.8) is 0 Å². The van der Waals surface area contributed by atoms with E-state index in [1.807, 2.05) is 23.1 Å². The minimum atomic E-state index is -0.0649. The Kier molecular flexibility index (Phi) is 8.68. The zero-order valence-electron chi connectivity index (χ0n) is 19.9. The van der Waals surface area contributed by atoms with E-state index in [-0.39, 0.29) is 24.3 Å². The number of fused-ring (bicyclic) bond motifs is 2. The highest BCUT2D eigenvalue weighted by Crippen LogP contribution is 2.30. The van der Waals surface area contributed by atoms with E-state index < -0.39 is 0 Å². The summed E-state index contributed by atoms with van der Waals surface area (Å²) in [7, 11) is 3.41. The summed E-state index contributed by atoms with van der Waals surface area (Å²) < 4.78 is 5.87. The lowest BCUT2D eigenvalue weighted by molar-refractivity contribution is -0.139. The SMILES string of the molecule is CCCCCCN(CC(=O)N(C)C)C(=O)CCCOc1ccc2c(c1)CN1CC(=O)NC1=N2. The van der Waals surface area contributed by atoms with Crippen molar-refractivity contribution in [2.45, 2.75) is 52.0 Å². The third kappa shape index (κ3) is 6.94. The molecule has 0 bridgehead atoms. The Balaban J connectivity index is 1.47. The molecular weight excluding hydrogens is 422 g/mol. The third-order valence-corrected chi connectivity index (χ3v) is 5.79. The molecule has 0 aromatic heterocycles. The first kappa shape index (κ1) is 24.5. The summed E-state index contributed by atoms with van der Waals surface area (Å²) in [4.78, 5) is 46.0. The number of hydrogen-bond acceptors (Lipinski definition) is 6. The first-order valence-electron chi connectivity index (χ1n) is 11.7. The number of unbranched alkanes of at least 4 members (excludes halogenated alkanes) is 3. The van der Waals surface area contributed by atoms with Crippen LogP contribution in [0.2, 0.25) is 0 Å². The number of rotatable bonds is 12. The zero-order chi connectivity index (χ0) is 23.8. The maximum Gasteiger partial charge on any atom is 0.246 e. The number of hydrogen-bond donors (Lipinski definition) is 1. The summed E-state index contributed by atoms with van der Waals surface area (Å²) in [6, 6.07) is 5.68. The van der Waals surface area contributed by atoms with Crippen LogP contribution in [0.15, 0.2) is 23.2 Å². The van der Waals surface area contributed by atoms with Gasteiger partial charge >= 0.3 is 0 Å². The molecule has 2 heterocycles. The van der Waals surface area contributed by atoms with Crippen molar-refractivity contribution in [2.75, 3.05) is 40.3 Å². The summed E-state index contributed by atoms with van der Waals surface area (Å²) in [5.41, 5.74) is 1.83.